The zero-order valence-electron chi connectivity index (χ0n) is 16.4. The van der Waals surface area contributed by atoms with Gasteiger partial charge in [0.05, 0.1) is 11.4 Å². The van der Waals surface area contributed by atoms with Gasteiger partial charge in [-0.15, -0.1) is 0 Å². The topological polar surface area (TPSA) is 69.7 Å². The van der Waals surface area contributed by atoms with Gasteiger partial charge in [-0.05, 0) is 42.9 Å². The van der Waals surface area contributed by atoms with E-state index in [1.807, 2.05) is 36.2 Å². The van der Waals surface area contributed by atoms with Gasteiger partial charge in [0, 0.05) is 30.3 Å². The molecule has 0 saturated carbocycles. The molecule has 0 spiro atoms. The molecule has 0 radical (unpaired) electrons. The van der Waals surface area contributed by atoms with Crippen molar-refractivity contribution in [2.24, 2.45) is 0 Å². The van der Waals surface area contributed by atoms with Crippen LogP contribution in [0.25, 0.3) is 0 Å². The van der Waals surface area contributed by atoms with Crippen LogP contribution in [0, 0.1) is 0 Å². The van der Waals surface area contributed by atoms with Crippen LogP contribution in [0.2, 0.25) is 5.02 Å². The highest BCUT2D eigenvalue weighted by Crippen LogP contribution is 2.19. The van der Waals surface area contributed by atoms with E-state index in [1.165, 1.54) is 16.4 Å². The van der Waals surface area contributed by atoms with E-state index in [0.29, 0.717) is 30.3 Å². The minimum Gasteiger partial charge on any atom is -0.325 e. The first-order valence-electron chi connectivity index (χ1n) is 9.09. The number of sulfonamides is 1. The van der Waals surface area contributed by atoms with Crippen LogP contribution in [0.1, 0.15) is 19.4 Å². The summed E-state index contributed by atoms with van der Waals surface area (Å²) in [4.78, 5) is 14.4. The highest BCUT2D eigenvalue weighted by atomic mass is 35.5. The molecule has 0 atom stereocenters. The van der Waals surface area contributed by atoms with Crippen LogP contribution < -0.4 is 5.32 Å². The Morgan fingerprint density at radius 3 is 2.32 bits per heavy atom. The van der Waals surface area contributed by atoms with Crippen molar-refractivity contribution in [2.45, 2.75) is 25.3 Å². The second-order valence-electron chi connectivity index (χ2n) is 6.46. The zero-order chi connectivity index (χ0) is 20.7. The van der Waals surface area contributed by atoms with Crippen LogP contribution in [0.5, 0.6) is 0 Å². The van der Waals surface area contributed by atoms with Gasteiger partial charge in [-0.2, -0.15) is 4.31 Å². The number of likely N-dealkylation sites (N-methyl/N-ethyl adjacent to an activating group) is 1. The SMILES string of the molecule is CCN(CC)S(=O)(=O)c1cccc(NC(=O)CN(C)Cc2ccc(Cl)cc2)c1. The molecule has 0 saturated heterocycles. The minimum absolute atomic E-state index is 0.170. The first-order chi connectivity index (χ1) is 13.3. The first-order valence-corrected chi connectivity index (χ1v) is 10.9. The third-order valence-corrected chi connectivity index (χ3v) is 6.54. The van der Waals surface area contributed by atoms with Crippen LogP contribution in [-0.4, -0.2) is 50.2 Å². The second-order valence-corrected chi connectivity index (χ2v) is 8.84. The fourth-order valence-electron chi connectivity index (χ4n) is 2.85. The maximum Gasteiger partial charge on any atom is 0.243 e. The molecule has 0 heterocycles. The summed E-state index contributed by atoms with van der Waals surface area (Å²) < 4.78 is 26.6. The molecule has 2 aromatic rings. The molecule has 0 fully saturated rings. The molecule has 2 rings (SSSR count). The number of carbonyl (C=O) groups excluding carboxylic acids is 1. The van der Waals surface area contributed by atoms with Gasteiger partial charge in [-0.3, -0.25) is 9.69 Å². The van der Waals surface area contributed by atoms with Gasteiger partial charge < -0.3 is 5.32 Å². The summed E-state index contributed by atoms with van der Waals surface area (Å²) in [5, 5.41) is 3.44. The van der Waals surface area contributed by atoms with Gasteiger partial charge >= 0.3 is 0 Å². The monoisotopic (exact) mass is 423 g/mol. The highest BCUT2D eigenvalue weighted by Gasteiger charge is 2.21. The van der Waals surface area contributed by atoms with Crippen LogP contribution in [-0.2, 0) is 21.4 Å². The number of hydrogen-bond acceptors (Lipinski definition) is 4. The van der Waals surface area contributed by atoms with E-state index >= 15 is 0 Å². The molecule has 0 aliphatic rings. The Hall–Kier alpha value is -1.93. The Kier molecular flexibility index (Phi) is 8.00. The van der Waals surface area contributed by atoms with Crippen molar-refractivity contribution >= 4 is 33.2 Å². The number of hydrogen-bond donors (Lipinski definition) is 1. The molecule has 0 unspecified atom stereocenters. The van der Waals surface area contributed by atoms with E-state index in [1.54, 1.807) is 26.0 Å². The van der Waals surface area contributed by atoms with Crippen LogP contribution in [0.3, 0.4) is 0 Å². The molecular formula is C20H26ClN3O3S. The molecule has 1 amide bonds. The molecule has 0 bridgehead atoms. The summed E-state index contributed by atoms with van der Waals surface area (Å²) in [7, 11) is -1.72. The normalized spacial score (nSPS) is 11.8. The lowest BCUT2D eigenvalue weighted by Crippen LogP contribution is -2.31. The predicted octanol–water partition coefficient (Wildman–Crippen LogP) is 3.44. The smallest absolute Gasteiger partial charge is 0.243 e. The number of halogens is 1. The van der Waals surface area contributed by atoms with Gasteiger partial charge in [-0.1, -0.05) is 43.6 Å². The average molecular weight is 424 g/mol. The van der Waals surface area contributed by atoms with Gasteiger partial charge in [0.2, 0.25) is 15.9 Å². The summed E-state index contributed by atoms with van der Waals surface area (Å²) in [6.07, 6.45) is 0. The highest BCUT2D eigenvalue weighted by molar-refractivity contribution is 7.89. The molecule has 0 aromatic heterocycles. The number of nitrogens with one attached hydrogen (secondary N) is 1. The fourth-order valence-corrected chi connectivity index (χ4v) is 4.48. The van der Waals surface area contributed by atoms with Crippen molar-refractivity contribution in [1.29, 1.82) is 0 Å². The number of carbonyl (C=O) groups is 1. The molecular weight excluding hydrogens is 398 g/mol. The van der Waals surface area contributed by atoms with Gasteiger partial charge in [0.1, 0.15) is 0 Å². The lowest BCUT2D eigenvalue weighted by Gasteiger charge is -2.19. The Labute approximate surface area is 172 Å². The Morgan fingerprint density at radius 1 is 1.07 bits per heavy atom. The van der Waals surface area contributed by atoms with E-state index in [4.69, 9.17) is 11.6 Å². The maximum absolute atomic E-state index is 12.6. The summed E-state index contributed by atoms with van der Waals surface area (Å²) >= 11 is 5.88. The van der Waals surface area contributed by atoms with Crippen molar-refractivity contribution in [3.05, 3.63) is 59.1 Å². The number of anilines is 1. The standard InChI is InChI=1S/C20H26ClN3O3S/c1-4-24(5-2)28(26,27)19-8-6-7-18(13-19)22-20(25)15-23(3)14-16-9-11-17(21)12-10-16/h6-13H,4-5,14-15H2,1-3H3,(H,22,25). The predicted molar refractivity (Wildman–Crippen MR) is 113 cm³/mol. The quantitative estimate of drug-likeness (QED) is 0.670. The van der Waals surface area contributed by atoms with Crippen molar-refractivity contribution in [1.82, 2.24) is 9.21 Å². The minimum atomic E-state index is -3.57. The van der Waals surface area contributed by atoms with E-state index in [9.17, 15) is 13.2 Å². The van der Waals surface area contributed by atoms with Crippen molar-refractivity contribution < 1.29 is 13.2 Å². The van der Waals surface area contributed by atoms with Crippen molar-refractivity contribution in [3.8, 4) is 0 Å². The summed E-state index contributed by atoms with van der Waals surface area (Å²) in [5.41, 5.74) is 1.50. The summed E-state index contributed by atoms with van der Waals surface area (Å²) in [6, 6.07) is 13.8. The van der Waals surface area contributed by atoms with E-state index < -0.39 is 10.0 Å². The molecule has 0 aliphatic heterocycles. The van der Waals surface area contributed by atoms with Crippen LogP contribution in [0.15, 0.2) is 53.4 Å². The molecule has 28 heavy (non-hydrogen) atoms. The third-order valence-electron chi connectivity index (χ3n) is 4.24. The largest absolute Gasteiger partial charge is 0.325 e. The lowest BCUT2D eigenvalue weighted by molar-refractivity contribution is -0.117. The summed E-state index contributed by atoms with van der Waals surface area (Å²) in [6.45, 7) is 5.15. The maximum atomic E-state index is 12.6. The molecule has 0 aliphatic carbocycles. The van der Waals surface area contributed by atoms with Crippen molar-refractivity contribution in [3.63, 3.8) is 0 Å². The van der Waals surface area contributed by atoms with Crippen molar-refractivity contribution in [2.75, 3.05) is 32.0 Å². The number of rotatable bonds is 9. The van der Waals surface area contributed by atoms with Gasteiger partial charge in [-0.25, -0.2) is 8.42 Å². The second kappa shape index (κ2) is 10.0. The Morgan fingerprint density at radius 2 is 1.71 bits per heavy atom. The molecule has 2 aromatic carbocycles. The molecule has 6 nitrogen and oxygen atoms in total. The van der Waals surface area contributed by atoms with E-state index in [0.717, 1.165) is 5.56 Å². The lowest BCUT2D eigenvalue weighted by atomic mass is 10.2. The van der Waals surface area contributed by atoms with Gasteiger partial charge in [0.25, 0.3) is 0 Å². The summed E-state index contributed by atoms with van der Waals surface area (Å²) in [5.74, 6) is -0.214. The zero-order valence-corrected chi connectivity index (χ0v) is 17.9. The van der Waals surface area contributed by atoms with Crippen LogP contribution >= 0.6 is 11.6 Å². The van der Waals surface area contributed by atoms with E-state index in [-0.39, 0.29) is 17.3 Å². The number of amides is 1. The number of nitrogens with zero attached hydrogens (tertiary/aromatic N) is 2. The number of benzene rings is 2. The molecule has 1 N–H and O–H groups in total. The molecule has 152 valence electrons. The first kappa shape index (κ1) is 22.4. The Bertz CT molecular complexity index is 897. The Balaban J connectivity index is 2.01. The average Bonchev–Trinajstić information content (AvgIpc) is 2.64. The third kappa shape index (κ3) is 6.04. The fraction of sp³-hybridized carbons (Fsp3) is 0.350. The van der Waals surface area contributed by atoms with Crippen LogP contribution in [0.4, 0.5) is 5.69 Å². The van der Waals surface area contributed by atoms with Gasteiger partial charge in [0.15, 0.2) is 0 Å². The van der Waals surface area contributed by atoms with E-state index in [2.05, 4.69) is 5.32 Å². The molecule has 8 heteroatoms.